The van der Waals surface area contributed by atoms with E-state index in [-0.39, 0.29) is 21.4 Å². The molecule has 0 saturated carbocycles. The largest absolute Gasteiger partial charge is 0.352 e. The number of benzene rings is 1. The predicted molar refractivity (Wildman–Crippen MR) is 116 cm³/mol. The third kappa shape index (κ3) is 5.94. The van der Waals surface area contributed by atoms with E-state index in [4.69, 9.17) is 11.6 Å². The highest BCUT2D eigenvalue weighted by molar-refractivity contribution is 7.89. The quantitative estimate of drug-likeness (QED) is 0.658. The van der Waals surface area contributed by atoms with Crippen molar-refractivity contribution in [1.29, 1.82) is 0 Å². The number of carbonyl (C=O) groups is 1. The van der Waals surface area contributed by atoms with Crippen LogP contribution in [0.15, 0.2) is 23.1 Å². The summed E-state index contributed by atoms with van der Waals surface area (Å²) in [5.41, 5.74) is 0.219. The molecule has 2 aliphatic heterocycles. The summed E-state index contributed by atoms with van der Waals surface area (Å²) in [6.45, 7) is 7.10. The molecule has 6 nitrogen and oxygen atoms in total. The number of likely N-dealkylation sites (tertiary alicyclic amines) is 1. The molecule has 162 valence electrons. The van der Waals surface area contributed by atoms with Gasteiger partial charge in [-0.3, -0.25) is 4.79 Å². The van der Waals surface area contributed by atoms with E-state index in [9.17, 15) is 13.2 Å². The molecule has 1 N–H and O–H groups in total. The van der Waals surface area contributed by atoms with Crippen LogP contribution in [0.1, 0.15) is 55.8 Å². The smallest absolute Gasteiger partial charge is 0.252 e. The number of hydrogen-bond acceptors (Lipinski definition) is 4. The molecule has 2 aliphatic rings. The van der Waals surface area contributed by atoms with E-state index < -0.39 is 10.0 Å². The van der Waals surface area contributed by atoms with E-state index in [1.807, 2.05) is 0 Å². The predicted octanol–water partition coefficient (Wildman–Crippen LogP) is 3.37. The van der Waals surface area contributed by atoms with Gasteiger partial charge < -0.3 is 10.2 Å². The van der Waals surface area contributed by atoms with E-state index in [1.165, 1.54) is 35.3 Å². The molecule has 0 bridgehead atoms. The fourth-order valence-electron chi connectivity index (χ4n) is 3.98. The summed E-state index contributed by atoms with van der Waals surface area (Å²) in [7, 11) is -3.59. The van der Waals surface area contributed by atoms with Crippen LogP contribution in [0.5, 0.6) is 0 Å². The molecular formula is C21H32ClN3O3S. The molecule has 0 aromatic heterocycles. The van der Waals surface area contributed by atoms with Crippen molar-refractivity contribution in [2.24, 2.45) is 5.92 Å². The number of carbonyl (C=O) groups excluding carboxylic acids is 1. The van der Waals surface area contributed by atoms with Crippen molar-refractivity contribution in [3.8, 4) is 0 Å². The Morgan fingerprint density at radius 2 is 1.83 bits per heavy atom. The molecule has 2 saturated heterocycles. The van der Waals surface area contributed by atoms with Gasteiger partial charge >= 0.3 is 0 Å². The second-order valence-electron chi connectivity index (χ2n) is 8.24. The molecule has 8 heteroatoms. The Bertz CT molecular complexity index is 801. The van der Waals surface area contributed by atoms with Crippen LogP contribution in [0.2, 0.25) is 5.02 Å². The van der Waals surface area contributed by atoms with Crippen LogP contribution in [-0.2, 0) is 10.0 Å². The summed E-state index contributed by atoms with van der Waals surface area (Å²) in [6.07, 6.45) is 6.13. The minimum absolute atomic E-state index is 0.136. The van der Waals surface area contributed by atoms with Crippen LogP contribution in [-0.4, -0.2) is 62.8 Å². The minimum atomic E-state index is -3.59. The average molecular weight is 442 g/mol. The van der Waals surface area contributed by atoms with Gasteiger partial charge in [0, 0.05) is 19.6 Å². The second-order valence-corrected chi connectivity index (χ2v) is 10.6. The maximum atomic E-state index is 12.9. The van der Waals surface area contributed by atoms with Gasteiger partial charge in [0.25, 0.3) is 5.91 Å². The molecule has 2 heterocycles. The molecule has 1 aromatic rings. The summed E-state index contributed by atoms with van der Waals surface area (Å²) < 4.78 is 27.3. The van der Waals surface area contributed by atoms with E-state index >= 15 is 0 Å². The van der Waals surface area contributed by atoms with Crippen molar-refractivity contribution < 1.29 is 13.2 Å². The lowest BCUT2D eigenvalue weighted by molar-refractivity contribution is 0.0950. The lowest BCUT2D eigenvalue weighted by Gasteiger charge is -2.30. The summed E-state index contributed by atoms with van der Waals surface area (Å²) in [4.78, 5) is 15.2. The van der Waals surface area contributed by atoms with E-state index in [2.05, 4.69) is 17.1 Å². The third-order valence-electron chi connectivity index (χ3n) is 5.95. The average Bonchev–Trinajstić information content (AvgIpc) is 2.73. The standard InChI is InChI=1S/C21H32ClN3O3S/c1-17-8-14-24(15-9-17)11-5-10-23-21(26)19-16-18(6-7-20(19)22)29(27,28)25-12-3-2-4-13-25/h6-7,16-17H,2-5,8-15H2,1H3,(H,23,26). The Kier molecular flexibility index (Phi) is 7.96. The summed E-state index contributed by atoms with van der Waals surface area (Å²) in [6, 6.07) is 4.40. The van der Waals surface area contributed by atoms with Gasteiger partial charge in [-0.25, -0.2) is 8.42 Å². The molecular weight excluding hydrogens is 410 g/mol. The van der Waals surface area contributed by atoms with Gasteiger partial charge in [0.1, 0.15) is 0 Å². The lowest BCUT2D eigenvalue weighted by atomic mass is 9.99. The molecule has 0 unspecified atom stereocenters. The Morgan fingerprint density at radius 1 is 1.14 bits per heavy atom. The van der Waals surface area contributed by atoms with Crippen molar-refractivity contribution in [2.45, 2.75) is 50.3 Å². The maximum absolute atomic E-state index is 12.9. The number of hydrogen-bond donors (Lipinski definition) is 1. The van der Waals surface area contributed by atoms with Gasteiger partial charge in [-0.05, 0) is 75.9 Å². The van der Waals surface area contributed by atoms with E-state index in [0.717, 1.165) is 51.2 Å². The molecule has 0 atom stereocenters. The number of nitrogens with zero attached hydrogens (tertiary/aromatic N) is 2. The van der Waals surface area contributed by atoms with Crippen molar-refractivity contribution in [1.82, 2.24) is 14.5 Å². The zero-order chi connectivity index (χ0) is 20.9. The molecule has 29 heavy (non-hydrogen) atoms. The molecule has 0 spiro atoms. The molecule has 3 rings (SSSR count). The monoisotopic (exact) mass is 441 g/mol. The van der Waals surface area contributed by atoms with Crippen LogP contribution < -0.4 is 5.32 Å². The molecule has 1 aromatic carbocycles. The Hall–Kier alpha value is -1.15. The fraction of sp³-hybridized carbons (Fsp3) is 0.667. The SMILES string of the molecule is CC1CCN(CCCNC(=O)c2cc(S(=O)(=O)N3CCCCC3)ccc2Cl)CC1. The zero-order valence-electron chi connectivity index (χ0n) is 17.2. The summed E-state index contributed by atoms with van der Waals surface area (Å²) in [5, 5.41) is 3.16. The highest BCUT2D eigenvalue weighted by Crippen LogP contribution is 2.25. The first kappa shape index (κ1) is 22.5. The summed E-state index contributed by atoms with van der Waals surface area (Å²) >= 11 is 6.20. The second kappa shape index (κ2) is 10.2. The van der Waals surface area contributed by atoms with Crippen LogP contribution in [0.25, 0.3) is 0 Å². The molecule has 0 radical (unpaired) electrons. The van der Waals surface area contributed by atoms with E-state index in [1.54, 1.807) is 0 Å². The van der Waals surface area contributed by atoms with Crippen molar-refractivity contribution in [2.75, 3.05) is 39.3 Å². The zero-order valence-corrected chi connectivity index (χ0v) is 18.8. The molecule has 1 amide bonds. The third-order valence-corrected chi connectivity index (χ3v) is 8.17. The van der Waals surface area contributed by atoms with Gasteiger partial charge in [0.05, 0.1) is 15.5 Å². The first-order chi connectivity index (χ1) is 13.9. The minimum Gasteiger partial charge on any atom is -0.352 e. The van der Waals surface area contributed by atoms with Gasteiger partial charge in [-0.15, -0.1) is 0 Å². The van der Waals surface area contributed by atoms with Gasteiger partial charge in [0.2, 0.25) is 10.0 Å². The Morgan fingerprint density at radius 3 is 2.52 bits per heavy atom. The number of nitrogens with one attached hydrogen (secondary N) is 1. The maximum Gasteiger partial charge on any atom is 0.252 e. The van der Waals surface area contributed by atoms with Crippen molar-refractivity contribution in [3.05, 3.63) is 28.8 Å². The van der Waals surface area contributed by atoms with E-state index in [0.29, 0.717) is 19.6 Å². The first-order valence-electron chi connectivity index (χ1n) is 10.7. The van der Waals surface area contributed by atoms with Crippen LogP contribution in [0.4, 0.5) is 0 Å². The first-order valence-corrected chi connectivity index (χ1v) is 12.5. The summed E-state index contributed by atoms with van der Waals surface area (Å²) in [5.74, 6) is 0.486. The van der Waals surface area contributed by atoms with Crippen molar-refractivity contribution in [3.63, 3.8) is 0 Å². The van der Waals surface area contributed by atoms with Crippen LogP contribution in [0.3, 0.4) is 0 Å². The van der Waals surface area contributed by atoms with Crippen LogP contribution >= 0.6 is 11.6 Å². The highest BCUT2D eigenvalue weighted by atomic mass is 35.5. The Labute approximate surface area is 179 Å². The number of rotatable bonds is 7. The molecule has 2 fully saturated rings. The number of amides is 1. The highest BCUT2D eigenvalue weighted by Gasteiger charge is 2.27. The normalized spacial score (nSPS) is 19.9. The number of piperidine rings is 2. The lowest BCUT2D eigenvalue weighted by Crippen LogP contribution is -2.36. The number of halogens is 1. The van der Waals surface area contributed by atoms with Crippen molar-refractivity contribution >= 4 is 27.5 Å². The topological polar surface area (TPSA) is 69.7 Å². The van der Waals surface area contributed by atoms with Gasteiger partial charge in [-0.1, -0.05) is 24.9 Å². The van der Waals surface area contributed by atoms with Gasteiger partial charge in [-0.2, -0.15) is 4.31 Å². The van der Waals surface area contributed by atoms with Gasteiger partial charge in [0.15, 0.2) is 0 Å². The van der Waals surface area contributed by atoms with Crippen LogP contribution in [0, 0.1) is 5.92 Å². The molecule has 0 aliphatic carbocycles. The fourth-order valence-corrected chi connectivity index (χ4v) is 5.73. The number of sulfonamides is 1. The Balaban J connectivity index is 1.56.